The minimum absolute atomic E-state index is 0.0227. The number of benzene rings is 2. The largest absolute Gasteiger partial charge is 0.459 e. The molecule has 0 spiro atoms. The monoisotopic (exact) mass is 626 g/mol. The Hall–Kier alpha value is -2.95. The fraction of sp³-hybridized carbons (Fsp3) is 0.634. The zero-order chi connectivity index (χ0) is 32.6. The smallest absolute Gasteiger partial charge is 0.338 e. The molecule has 4 fully saturated rings. The van der Waals surface area contributed by atoms with Crippen LogP contribution in [0.5, 0.6) is 0 Å². The van der Waals surface area contributed by atoms with Crippen molar-refractivity contribution >= 4 is 17.7 Å². The number of Topliss-reactive ketones (excluding diaryl/α,β-unsaturated/α-hetero) is 1. The molecule has 2 aromatic carbocycles. The molecule has 2 aromatic rings. The molecule has 5 heteroatoms. The predicted octanol–water partition coefficient (Wildman–Crippen LogP) is 9.35. The third-order valence-corrected chi connectivity index (χ3v) is 13.4. The highest BCUT2D eigenvalue weighted by atomic mass is 16.6. The maximum absolute atomic E-state index is 13.6. The van der Waals surface area contributed by atoms with Crippen molar-refractivity contribution in [1.82, 2.24) is 0 Å². The van der Waals surface area contributed by atoms with Gasteiger partial charge in [0.15, 0.2) is 0 Å². The second-order valence-corrected chi connectivity index (χ2v) is 16.1. The minimum Gasteiger partial charge on any atom is -0.459 e. The molecule has 6 rings (SSSR count). The molecule has 4 saturated carbocycles. The van der Waals surface area contributed by atoms with Crippen LogP contribution in [0, 0.1) is 52.3 Å². The molecule has 0 N–H and O–H groups in total. The minimum atomic E-state index is -0.268. The van der Waals surface area contributed by atoms with Crippen molar-refractivity contribution in [2.45, 2.75) is 111 Å². The van der Waals surface area contributed by atoms with Gasteiger partial charge in [-0.15, -0.1) is 0 Å². The van der Waals surface area contributed by atoms with Crippen molar-refractivity contribution in [2.75, 3.05) is 0 Å². The van der Waals surface area contributed by atoms with Crippen LogP contribution in [-0.4, -0.2) is 29.9 Å². The Morgan fingerprint density at radius 3 is 1.93 bits per heavy atom. The summed E-state index contributed by atoms with van der Waals surface area (Å²) in [4.78, 5) is 39.1. The molecule has 10 atom stereocenters. The van der Waals surface area contributed by atoms with Gasteiger partial charge >= 0.3 is 11.9 Å². The highest BCUT2D eigenvalue weighted by Gasteiger charge is 2.63. The SMILES string of the molecule is CC(C)C(=O)CC[C@@H](C)[C@H]1CC[C@H]2[C@@H]3C[C@H](OC(=O)c4ccccc4)[C@@H]4C[C@H](OC(=O)c5ccccc5)CC[C@]4(C)[C@H]3CC[C@]12C. The third kappa shape index (κ3) is 6.20. The Labute approximate surface area is 276 Å². The van der Waals surface area contributed by atoms with Gasteiger partial charge in [0.25, 0.3) is 0 Å². The van der Waals surface area contributed by atoms with E-state index in [1.54, 1.807) is 0 Å². The molecule has 46 heavy (non-hydrogen) atoms. The average molecular weight is 627 g/mol. The van der Waals surface area contributed by atoms with E-state index >= 15 is 0 Å². The van der Waals surface area contributed by atoms with Gasteiger partial charge in [-0.2, -0.15) is 0 Å². The van der Waals surface area contributed by atoms with Gasteiger partial charge in [0.1, 0.15) is 18.0 Å². The summed E-state index contributed by atoms with van der Waals surface area (Å²) in [6.45, 7) is 11.4. The van der Waals surface area contributed by atoms with Gasteiger partial charge in [-0.05, 0) is 122 Å². The maximum Gasteiger partial charge on any atom is 0.338 e. The zero-order valence-electron chi connectivity index (χ0n) is 28.6. The van der Waals surface area contributed by atoms with Crippen molar-refractivity contribution in [3.05, 3.63) is 71.8 Å². The van der Waals surface area contributed by atoms with Crippen molar-refractivity contribution < 1.29 is 23.9 Å². The lowest BCUT2D eigenvalue weighted by molar-refractivity contribution is -0.174. The van der Waals surface area contributed by atoms with E-state index in [9.17, 15) is 14.4 Å². The quantitative estimate of drug-likeness (QED) is 0.260. The Kier molecular flexibility index (Phi) is 9.52. The fourth-order valence-electron chi connectivity index (χ4n) is 10.9. The van der Waals surface area contributed by atoms with Crippen LogP contribution in [0.15, 0.2) is 60.7 Å². The van der Waals surface area contributed by atoms with Crippen LogP contribution in [0.25, 0.3) is 0 Å². The molecule has 0 aromatic heterocycles. The number of rotatable bonds is 9. The molecule has 4 aliphatic rings. The maximum atomic E-state index is 13.6. The Morgan fingerprint density at radius 2 is 1.30 bits per heavy atom. The first-order chi connectivity index (χ1) is 22.0. The van der Waals surface area contributed by atoms with Crippen LogP contribution in [0.1, 0.15) is 120 Å². The molecule has 0 radical (unpaired) electrons. The lowest BCUT2D eigenvalue weighted by Gasteiger charge is -2.62. The van der Waals surface area contributed by atoms with Crippen LogP contribution in [0.3, 0.4) is 0 Å². The molecule has 0 unspecified atom stereocenters. The van der Waals surface area contributed by atoms with E-state index in [0.717, 1.165) is 32.1 Å². The van der Waals surface area contributed by atoms with Crippen LogP contribution in [-0.2, 0) is 14.3 Å². The summed E-state index contributed by atoms with van der Waals surface area (Å²) in [5, 5.41) is 0. The fourth-order valence-corrected chi connectivity index (χ4v) is 10.9. The second-order valence-electron chi connectivity index (χ2n) is 16.1. The van der Waals surface area contributed by atoms with Gasteiger partial charge in [0.2, 0.25) is 0 Å². The lowest BCUT2D eigenvalue weighted by atomic mass is 9.43. The van der Waals surface area contributed by atoms with E-state index in [1.807, 2.05) is 74.5 Å². The molecule has 0 heterocycles. The summed E-state index contributed by atoms with van der Waals surface area (Å²) < 4.78 is 12.6. The van der Waals surface area contributed by atoms with Crippen LogP contribution in [0.2, 0.25) is 0 Å². The average Bonchev–Trinajstić information content (AvgIpc) is 3.42. The lowest BCUT2D eigenvalue weighted by Crippen LogP contribution is -2.59. The van der Waals surface area contributed by atoms with Gasteiger partial charge in [-0.1, -0.05) is 71.0 Å². The summed E-state index contributed by atoms with van der Waals surface area (Å²) in [6, 6.07) is 18.6. The van der Waals surface area contributed by atoms with Gasteiger partial charge in [0.05, 0.1) is 11.1 Å². The van der Waals surface area contributed by atoms with Crippen LogP contribution in [0.4, 0.5) is 0 Å². The summed E-state index contributed by atoms with van der Waals surface area (Å²) in [5.41, 5.74) is 1.45. The summed E-state index contributed by atoms with van der Waals surface area (Å²) in [7, 11) is 0. The molecular weight excluding hydrogens is 572 g/mol. The normalized spacial score (nSPS) is 35.7. The first kappa shape index (κ1) is 33.0. The van der Waals surface area contributed by atoms with Gasteiger partial charge in [0, 0.05) is 18.3 Å². The summed E-state index contributed by atoms with van der Waals surface area (Å²) in [6.07, 6.45) is 9.61. The predicted molar refractivity (Wildman–Crippen MR) is 180 cm³/mol. The van der Waals surface area contributed by atoms with Gasteiger partial charge in [-0.3, -0.25) is 4.79 Å². The van der Waals surface area contributed by atoms with Crippen molar-refractivity contribution in [1.29, 1.82) is 0 Å². The molecule has 248 valence electrons. The molecule has 0 amide bonds. The number of hydrogen-bond donors (Lipinski definition) is 0. The molecule has 5 nitrogen and oxygen atoms in total. The highest BCUT2D eigenvalue weighted by molar-refractivity contribution is 5.90. The Morgan fingerprint density at radius 1 is 0.717 bits per heavy atom. The second kappa shape index (κ2) is 13.3. The van der Waals surface area contributed by atoms with E-state index in [-0.39, 0.29) is 46.8 Å². The number of hydrogen-bond acceptors (Lipinski definition) is 5. The third-order valence-electron chi connectivity index (χ3n) is 13.4. The molecular formula is C41H54O5. The zero-order valence-corrected chi connectivity index (χ0v) is 28.6. The first-order valence-electron chi connectivity index (χ1n) is 18.1. The van der Waals surface area contributed by atoms with E-state index in [0.29, 0.717) is 52.9 Å². The number of ketones is 1. The van der Waals surface area contributed by atoms with Crippen LogP contribution < -0.4 is 0 Å². The highest BCUT2D eigenvalue weighted by Crippen LogP contribution is 2.68. The summed E-state index contributed by atoms with van der Waals surface area (Å²) >= 11 is 0. The van der Waals surface area contributed by atoms with Crippen molar-refractivity contribution in [3.8, 4) is 0 Å². The Balaban J connectivity index is 1.24. The van der Waals surface area contributed by atoms with E-state index in [4.69, 9.17) is 9.47 Å². The van der Waals surface area contributed by atoms with Crippen LogP contribution >= 0.6 is 0 Å². The standard InChI is InChI=1S/C41H54O5/c1-26(2)36(42)19-16-27(3)32-17-18-33-31-25-37(46-39(44)29-14-10-7-11-15-29)35-24-30(45-38(43)28-12-8-6-9-13-28)20-22-41(35,5)34(31)21-23-40(32,33)4/h6-15,26-27,30-35,37H,16-25H2,1-5H3/t27-,30-,31+,32-,33+,34+,35+,37+,40-,41-/m1/s1. The van der Waals surface area contributed by atoms with E-state index in [2.05, 4.69) is 20.8 Å². The van der Waals surface area contributed by atoms with E-state index in [1.165, 1.54) is 25.7 Å². The van der Waals surface area contributed by atoms with Crippen molar-refractivity contribution in [3.63, 3.8) is 0 Å². The van der Waals surface area contributed by atoms with E-state index < -0.39 is 0 Å². The molecule has 0 saturated heterocycles. The number of ether oxygens (including phenoxy) is 2. The van der Waals surface area contributed by atoms with Gasteiger partial charge in [-0.25, -0.2) is 9.59 Å². The summed E-state index contributed by atoms with van der Waals surface area (Å²) in [5.74, 6) is 2.96. The number of fused-ring (bicyclic) bond motifs is 5. The molecule has 0 aliphatic heterocycles. The molecule has 4 aliphatic carbocycles. The van der Waals surface area contributed by atoms with Gasteiger partial charge < -0.3 is 9.47 Å². The number of carbonyl (C=O) groups is 3. The topological polar surface area (TPSA) is 69.7 Å². The Bertz CT molecular complexity index is 1390. The van der Waals surface area contributed by atoms with Crippen molar-refractivity contribution in [2.24, 2.45) is 52.3 Å². The number of carbonyl (C=O) groups excluding carboxylic acids is 3. The molecule has 0 bridgehead atoms. The first-order valence-corrected chi connectivity index (χ1v) is 18.1. The number of esters is 2.